The second-order valence-corrected chi connectivity index (χ2v) is 8.96. The number of ketones is 1. The van der Waals surface area contributed by atoms with Crippen molar-refractivity contribution in [2.24, 2.45) is 0 Å². The fraction of sp³-hybridized carbons (Fsp3) is 0.154. The number of thiazole rings is 1. The van der Waals surface area contributed by atoms with Crippen molar-refractivity contribution < 1.29 is 4.79 Å². The number of aryl methyl sites for hydroxylation is 3. The van der Waals surface area contributed by atoms with E-state index < -0.39 is 0 Å². The topological polar surface area (TPSA) is 72.2 Å². The molecular formula is C26H23N5OS. The van der Waals surface area contributed by atoms with Crippen LogP contribution in [0.3, 0.4) is 0 Å². The minimum Gasteiger partial charge on any atom is -0.332 e. The molecule has 1 aromatic carbocycles. The molecule has 0 unspecified atom stereocenters. The van der Waals surface area contributed by atoms with E-state index in [9.17, 15) is 4.79 Å². The third-order valence-corrected chi connectivity index (χ3v) is 6.70. The van der Waals surface area contributed by atoms with Gasteiger partial charge in [-0.25, -0.2) is 9.97 Å². The number of fused-ring (bicyclic) bond motifs is 1. The molecule has 4 heterocycles. The molecule has 0 aliphatic carbocycles. The third kappa shape index (κ3) is 4.15. The number of pyridine rings is 2. The molecular weight excluding hydrogens is 430 g/mol. The number of hydrogen-bond acceptors (Lipinski definition) is 6. The Kier molecular flexibility index (Phi) is 5.48. The molecule has 0 atom stereocenters. The highest BCUT2D eigenvalue weighted by atomic mass is 32.1. The van der Waals surface area contributed by atoms with E-state index >= 15 is 0 Å². The van der Waals surface area contributed by atoms with E-state index in [4.69, 9.17) is 4.98 Å². The third-order valence-electron chi connectivity index (χ3n) is 5.62. The summed E-state index contributed by atoms with van der Waals surface area (Å²) in [4.78, 5) is 27.6. The number of nitrogens with zero attached hydrogens (tertiary/aromatic N) is 4. The number of anilines is 2. The second-order valence-electron chi connectivity index (χ2n) is 7.96. The molecule has 0 spiro atoms. The predicted octanol–water partition coefficient (Wildman–Crippen LogP) is 5.95. The van der Waals surface area contributed by atoms with Gasteiger partial charge in [-0.3, -0.25) is 14.2 Å². The Morgan fingerprint density at radius 2 is 1.85 bits per heavy atom. The van der Waals surface area contributed by atoms with Gasteiger partial charge >= 0.3 is 0 Å². The van der Waals surface area contributed by atoms with Gasteiger partial charge in [0, 0.05) is 35.8 Å². The molecule has 5 rings (SSSR count). The summed E-state index contributed by atoms with van der Waals surface area (Å²) in [7, 11) is 0. The summed E-state index contributed by atoms with van der Waals surface area (Å²) >= 11 is 1.58. The maximum atomic E-state index is 12.9. The quantitative estimate of drug-likeness (QED) is 0.322. The molecule has 0 saturated heterocycles. The first kappa shape index (κ1) is 21.0. The van der Waals surface area contributed by atoms with E-state index in [1.54, 1.807) is 17.5 Å². The molecule has 0 radical (unpaired) electrons. The molecule has 0 aliphatic heterocycles. The first-order valence-electron chi connectivity index (χ1n) is 10.7. The van der Waals surface area contributed by atoms with Gasteiger partial charge in [0.1, 0.15) is 5.65 Å². The highest BCUT2D eigenvalue weighted by Crippen LogP contribution is 2.36. The molecule has 0 fully saturated rings. The van der Waals surface area contributed by atoms with Crippen LogP contribution in [-0.4, -0.2) is 25.1 Å². The maximum Gasteiger partial charge on any atom is 0.188 e. The summed E-state index contributed by atoms with van der Waals surface area (Å²) in [5, 5.41) is 4.16. The molecule has 0 amide bonds. The van der Waals surface area contributed by atoms with Gasteiger partial charge < -0.3 is 5.32 Å². The van der Waals surface area contributed by atoms with Crippen molar-refractivity contribution in [3.05, 3.63) is 95.2 Å². The number of aromatic nitrogens is 4. The smallest absolute Gasteiger partial charge is 0.188 e. The zero-order chi connectivity index (χ0) is 22.9. The zero-order valence-electron chi connectivity index (χ0n) is 18.7. The van der Waals surface area contributed by atoms with Gasteiger partial charge in [-0.05, 0) is 56.7 Å². The Morgan fingerprint density at radius 1 is 0.970 bits per heavy atom. The molecule has 7 heteroatoms. The Hall–Kier alpha value is -3.84. The monoisotopic (exact) mass is 453 g/mol. The number of imidazole rings is 1. The van der Waals surface area contributed by atoms with Gasteiger partial charge in [0.15, 0.2) is 10.9 Å². The van der Waals surface area contributed by atoms with Crippen molar-refractivity contribution in [3.63, 3.8) is 0 Å². The van der Waals surface area contributed by atoms with Crippen LogP contribution in [-0.2, 0) is 6.42 Å². The number of benzene rings is 1. The van der Waals surface area contributed by atoms with Crippen molar-refractivity contribution in [1.82, 2.24) is 19.4 Å². The van der Waals surface area contributed by atoms with Gasteiger partial charge in [-0.2, -0.15) is 0 Å². The second kappa shape index (κ2) is 8.60. The lowest BCUT2D eigenvalue weighted by Crippen LogP contribution is -2.06. The lowest BCUT2D eigenvalue weighted by Gasteiger charge is -2.07. The van der Waals surface area contributed by atoms with Crippen LogP contribution < -0.4 is 5.32 Å². The zero-order valence-corrected chi connectivity index (χ0v) is 19.5. The van der Waals surface area contributed by atoms with E-state index in [2.05, 4.69) is 19.7 Å². The van der Waals surface area contributed by atoms with E-state index in [0.717, 1.165) is 49.7 Å². The van der Waals surface area contributed by atoms with Gasteiger partial charge in [0.25, 0.3) is 0 Å². The molecule has 0 bridgehead atoms. The number of nitrogens with one attached hydrogen (secondary N) is 1. The summed E-state index contributed by atoms with van der Waals surface area (Å²) in [6.45, 7) is 5.96. The summed E-state index contributed by atoms with van der Waals surface area (Å²) in [6, 6.07) is 17.4. The Bertz CT molecular complexity index is 1480. The minimum absolute atomic E-state index is 0.0621. The van der Waals surface area contributed by atoms with Crippen molar-refractivity contribution in [1.29, 1.82) is 0 Å². The molecule has 0 saturated carbocycles. The molecule has 164 valence electrons. The van der Waals surface area contributed by atoms with Crippen molar-refractivity contribution in [2.75, 3.05) is 5.32 Å². The number of carbonyl (C=O) groups excluding carboxylic acids is 1. The number of carbonyl (C=O) groups is 1. The normalized spacial score (nSPS) is 11.1. The summed E-state index contributed by atoms with van der Waals surface area (Å²) in [5.74, 6) is 0.0621. The first-order valence-corrected chi connectivity index (χ1v) is 11.5. The minimum atomic E-state index is 0.0621. The van der Waals surface area contributed by atoms with Crippen molar-refractivity contribution in [3.8, 4) is 10.6 Å². The van der Waals surface area contributed by atoms with Crippen molar-refractivity contribution in [2.45, 2.75) is 27.2 Å². The standard InChI is InChI=1S/C26H23N5OS/c1-16-19(9-7-12-27-16)15-22(32)20-8-6-10-21(14-20)30-26-29-18(3)25(33-26)24-17(2)28-23-11-4-5-13-31(23)24/h4-14H,15H2,1-3H3,(H,29,30). The highest BCUT2D eigenvalue weighted by molar-refractivity contribution is 7.19. The van der Waals surface area contributed by atoms with Crippen LogP contribution in [0.4, 0.5) is 10.8 Å². The van der Waals surface area contributed by atoms with Crippen LogP contribution in [0, 0.1) is 20.8 Å². The van der Waals surface area contributed by atoms with E-state index in [0.29, 0.717) is 12.0 Å². The van der Waals surface area contributed by atoms with Crippen LogP contribution in [0.25, 0.3) is 16.2 Å². The van der Waals surface area contributed by atoms with E-state index in [1.165, 1.54) is 0 Å². The van der Waals surface area contributed by atoms with Gasteiger partial charge in [-0.1, -0.05) is 35.6 Å². The molecule has 33 heavy (non-hydrogen) atoms. The fourth-order valence-electron chi connectivity index (χ4n) is 3.93. The van der Waals surface area contributed by atoms with Crippen LogP contribution >= 0.6 is 11.3 Å². The van der Waals surface area contributed by atoms with Crippen LogP contribution in [0.5, 0.6) is 0 Å². The average molecular weight is 454 g/mol. The van der Waals surface area contributed by atoms with Gasteiger partial charge in [-0.15, -0.1) is 0 Å². The Morgan fingerprint density at radius 3 is 2.70 bits per heavy atom. The Balaban J connectivity index is 1.40. The van der Waals surface area contributed by atoms with Crippen LogP contribution in [0.2, 0.25) is 0 Å². The van der Waals surface area contributed by atoms with Crippen molar-refractivity contribution >= 4 is 33.6 Å². The SMILES string of the molecule is Cc1ncccc1CC(=O)c1cccc(Nc2nc(C)c(-c3c(C)nc4ccccn34)s2)c1. The Labute approximate surface area is 196 Å². The molecule has 0 aliphatic rings. The summed E-state index contributed by atoms with van der Waals surface area (Å²) < 4.78 is 2.10. The maximum absolute atomic E-state index is 12.9. The average Bonchev–Trinajstić information content (AvgIpc) is 3.33. The highest BCUT2D eigenvalue weighted by Gasteiger charge is 2.17. The number of rotatable bonds is 6. The van der Waals surface area contributed by atoms with Gasteiger partial charge in [0.2, 0.25) is 0 Å². The summed E-state index contributed by atoms with van der Waals surface area (Å²) in [5.41, 5.74) is 7.21. The van der Waals surface area contributed by atoms with Gasteiger partial charge in [0.05, 0.1) is 22.0 Å². The van der Waals surface area contributed by atoms with Crippen LogP contribution in [0.1, 0.15) is 33.0 Å². The molecule has 4 aromatic heterocycles. The number of hydrogen-bond donors (Lipinski definition) is 1. The van der Waals surface area contributed by atoms with E-state index in [1.807, 2.05) is 81.6 Å². The largest absolute Gasteiger partial charge is 0.332 e. The molecule has 5 aromatic rings. The predicted molar refractivity (Wildman–Crippen MR) is 133 cm³/mol. The lowest BCUT2D eigenvalue weighted by molar-refractivity contribution is 0.0992. The van der Waals surface area contributed by atoms with E-state index in [-0.39, 0.29) is 5.78 Å². The molecule has 1 N–H and O–H groups in total. The summed E-state index contributed by atoms with van der Waals surface area (Å²) in [6.07, 6.45) is 4.10. The number of Topliss-reactive ketones (excluding diaryl/α,β-unsaturated/α-hetero) is 1. The first-order chi connectivity index (χ1) is 16.0. The molecule has 6 nitrogen and oxygen atoms in total. The fourth-order valence-corrected chi connectivity index (χ4v) is 5.01. The lowest BCUT2D eigenvalue weighted by atomic mass is 10.0. The van der Waals surface area contributed by atoms with Crippen LogP contribution in [0.15, 0.2) is 67.0 Å².